The summed E-state index contributed by atoms with van der Waals surface area (Å²) in [6.45, 7) is -2.79. The lowest BCUT2D eigenvalue weighted by molar-refractivity contribution is 0.102. The zero-order chi connectivity index (χ0) is 20.1. The fourth-order valence-corrected chi connectivity index (χ4v) is 2.77. The van der Waals surface area contributed by atoms with Crippen molar-refractivity contribution in [2.24, 2.45) is 0 Å². The average Bonchev–Trinajstić information content (AvgIpc) is 3.46. The summed E-state index contributed by atoms with van der Waals surface area (Å²) in [6.07, 6.45) is 4.96. The first kappa shape index (κ1) is 9.45. The Morgan fingerprint density at radius 1 is 1.39 bits per heavy atom. The maximum absolute atomic E-state index is 12.8. The molecule has 1 amide bonds. The number of nitrogens with zero attached hydrogens (tertiary/aromatic N) is 3. The number of allylic oxidation sites excluding steroid dienone is 1. The van der Waals surface area contributed by atoms with Crippen LogP contribution >= 0.6 is 0 Å². The first-order chi connectivity index (χ1) is 13.2. The summed E-state index contributed by atoms with van der Waals surface area (Å²) >= 11 is 0. The van der Waals surface area contributed by atoms with Gasteiger partial charge in [-0.1, -0.05) is 19.0 Å². The Kier molecular flexibility index (Phi) is 2.26. The predicted octanol–water partition coefficient (Wildman–Crippen LogP) is 3.77. The first-order valence-corrected chi connectivity index (χ1v) is 7.43. The van der Waals surface area contributed by atoms with E-state index in [0.717, 1.165) is 18.9 Å². The van der Waals surface area contributed by atoms with E-state index in [-0.39, 0.29) is 11.9 Å². The van der Waals surface area contributed by atoms with Crippen LogP contribution < -0.4 is 10.2 Å². The van der Waals surface area contributed by atoms with Gasteiger partial charge in [0, 0.05) is 30.9 Å². The Hall–Kier alpha value is -2.69. The van der Waals surface area contributed by atoms with Gasteiger partial charge >= 0.3 is 0 Å². The van der Waals surface area contributed by atoms with Gasteiger partial charge < -0.3 is 10.2 Å². The summed E-state index contributed by atoms with van der Waals surface area (Å²) in [4.78, 5) is 23.5. The first-order valence-electron chi connectivity index (χ1n) is 9.93. The summed E-state index contributed by atoms with van der Waals surface area (Å²) in [5, 5.41) is 2.84. The second-order valence-corrected chi connectivity index (χ2v) is 5.51. The number of anilines is 3. The van der Waals surface area contributed by atoms with E-state index in [4.69, 9.17) is 6.85 Å². The van der Waals surface area contributed by atoms with Crippen LogP contribution in [0.5, 0.6) is 0 Å². The number of pyridine rings is 2. The van der Waals surface area contributed by atoms with Crippen molar-refractivity contribution in [2.45, 2.75) is 32.1 Å². The standard InChI is InChI=1S/C18H18N4O/c1-2-3-5-12-9-11-20-17-15(12)21-18(23)14-6-4-10-19-16(14)22(17)13-7-8-13/h3-6,9-11,13H,2,7-8H2,1H3,(H,21,23)/b5-3+/i1D3,2D2. The number of hydrogen-bond donors (Lipinski definition) is 1. The van der Waals surface area contributed by atoms with Crippen LogP contribution in [-0.4, -0.2) is 21.9 Å². The molecule has 2 aromatic rings. The van der Waals surface area contributed by atoms with Crippen LogP contribution in [0.2, 0.25) is 0 Å². The molecule has 116 valence electrons. The predicted molar refractivity (Wildman–Crippen MR) is 90.9 cm³/mol. The molecule has 4 rings (SSSR count). The van der Waals surface area contributed by atoms with Crippen molar-refractivity contribution in [2.75, 3.05) is 10.2 Å². The van der Waals surface area contributed by atoms with Crippen LogP contribution in [0, 0.1) is 0 Å². The van der Waals surface area contributed by atoms with Crippen molar-refractivity contribution in [1.82, 2.24) is 9.97 Å². The van der Waals surface area contributed by atoms with Crippen molar-refractivity contribution in [3.8, 4) is 0 Å². The Balaban J connectivity index is 1.83. The van der Waals surface area contributed by atoms with E-state index in [1.165, 1.54) is 6.08 Å². The largest absolute Gasteiger partial charge is 0.318 e. The molecule has 0 saturated heterocycles. The van der Waals surface area contributed by atoms with E-state index >= 15 is 0 Å². The van der Waals surface area contributed by atoms with Crippen molar-refractivity contribution in [3.05, 3.63) is 47.8 Å². The monoisotopic (exact) mass is 311 g/mol. The van der Waals surface area contributed by atoms with Crippen LogP contribution in [0.4, 0.5) is 17.3 Å². The minimum absolute atomic E-state index is 0.181. The van der Waals surface area contributed by atoms with E-state index in [9.17, 15) is 4.79 Å². The molecule has 0 bridgehead atoms. The third kappa shape index (κ3) is 2.38. The summed E-state index contributed by atoms with van der Waals surface area (Å²) in [5.74, 6) is 0.714. The van der Waals surface area contributed by atoms with Crippen LogP contribution in [0.1, 0.15) is 48.8 Å². The Morgan fingerprint density at radius 3 is 3.09 bits per heavy atom. The molecule has 0 unspecified atom stereocenters. The molecule has 0 spiro atoms. The van der Waals surface area contributed by atoms with E-state index in [2.05, 4.69) is 15.3 Å². The minimum atomic E-state index is -2.79. The molecule has 0 radical (unpaired) electrons. The lowest BCUT2D eigenvalue weighted by Crippen LogP contribution is -2.22. The average molecular weight is 311 g/mol. The Bertz CT molecular complexity index is 969. The van der Waals surface area contributed by atoms with E-state index in [0.29, 0.717) is 28.5 Å². The fraction of sp³-hybridized carbons (Fsp3) is 0.278. The molecular weight excluding hydrogens is 288 g/mol. The van der Waals surface area contributed by atoms with Gasteiger partial charge in [0.25, 0.3) is 5.91 Å². The van der Waals surface area contributed by atoms with Crippen LogP contribution in [-0.2, 0) is 0 Å². The molecule has 1 fully saturated rings. The molecule has 0 atom stereocenters. The van der Waals surface area contributed by atoms with Gasteiger partial charge in [0.1, 0.15) is 5.82 Å². The zero-order valence-electron chi connectivity index (χ0n) is 17.3. The van der Waals surface area contributed by atoms with Crippen molar-refractivity contribution in [1.29, 1.82) is 0 Å². The topological polar surface area (TPSA) is 58.1 Å². The molecular formula is C18H18N4O. The molecule has 1 aliphatic carbocycles. The normalized spacial score (nSPS) is 21.1. The van der Waals surface area contributed by atoms with Gasteiger partial charge in [0.2, 0.25) is 0 Å². The molecule has 1 N–H and O–H groups in total. The molecule has 0 aromatic carbocycles. The summed E-state index contributed by atoms with van der Waals surface area (Å²) in [7, 11) is 0. The lowest BCUT2D eigenvalue weighted by Gasteiger charge is -2.23. The van der Waals surface area contributed by atoms with Crippen molar-refractivity contribution in [3.63, 3.8) is 0 Å². The third-order valence-electron chi connectivity index (χ3n) is 3.95. The molecule has 3 heterocycles. The molecule has 1 saturated carbocycles. The molecule has 2 aromatic heterocycles. The number of fused-ring (bicyclic) bond motifs is 2. The quantitative estimate of drug-likeness (QED) is 0.937. The smallest absolute Gasteiger partial charge is 0.259 e. The highest BCUT2D eigenvalue weighted by Gasteiger charge is 2.38. The summed E-state index contributed by atoms with van der Waals surface area (Å²) in [6, 6.07) is 5.18. The van der Waals surface area contributed by atoms with Crippen molar-refractivity contribution < 1.29 is 11.6 Å². The number of amides is 1. The summed E-state index contributed by atoms with van der Waals surface area (Å²) in [5.41, 5.74) is 1.32. The minimum Gasteiger partial charge on any atom is -0.318 e. The number of rotatable bonds is 3. The van der Waals surface area contributed by atoms with E-state index < -0.39 is 13.2 Å². The van der Waals surface area contributed by atoms with Gasteiger partial charge in [0.15, 0.2) is 5.82 Å². The highest BCUT2D eigenvalue weighted by molar-refractivity contribution is 6.12. The van der Waals surface area contributed by atoms with Gasteiger partial charge in [-0.15, -0.1) is 0 Å². The molecule has 2 aliphatic rings. The Labute approximate surface area is 142 Å². The highest BCUT2D eigenvalue weighted by atomic mass is 16.1. The number of carbonyl (C=O) groups is 1. The number of carbonyl (C=O) groups excluding carboxylic acids is 1. The fourth-order valence-electron chi connectivity index (χ4n) is 2.77. The SMILES string of the molecule is [2H]C([2H])([2H])C([2H])([2H])/C=C/c1ccnc2c1NC(=O)c1cccnc1N2C1CC1. The second-order valence-electron chi connectivity index (χ2n) is 5.51. The third-order valence-corrected chi connectivity index (χ3v) is 3.95. The Morgan fingerprint density at radius 2 is 2.26 bits per heavy atom. The summed E-state index contributed by atoms with van der Waals surface area (Å²) < 4.78 is 37.6. The number of aromatic nitrogens is 2. The van der Waals surface area contributed by atoms with Crippen LogP contribution in [0.3, 0.4) is 0 Å². The van der Waals surface area contributed by atoms with Gasteiger partial charge in [-0.25, -0.2) is 9.97 Å². The van der Waals surface area contributed by atoms with Crippen LogP contribution in [0.25, 0.3) is 6.08 Å². The molecule has 5 nitrogen and oxygen atoms in total. The lowest BCUT2D eigenvalue weighted by atomic mass is 10.1. The van der Waals surface area contributed by atoms with Gasteiger partial charge in [-0.05, 0) is 37.4 Å². The van der Waals surface area contributed by atoms with E-state index in [1.54, 1.807) is 30.6 Å². The zero-order valence-corrected chi connectivity index (χ0v) is 12.3. The number of hydrogen-bond acceptors (Lipinski definition) is 4. The van der Waals surface area contributed by atoms with Crippen molar-refractivity contribution >= 4 is 29.3 Å². The van der Waals surface area contributed by atoms with Gasteiger partial charge in [-0.3, -0.25) is 4.79 Å². The molecule has 23 heavy (non-hydrogen) atoms. The van der Waals surface area contributed by atoms with Gasteiger partial charge in [-0.2, -0.15) is 0 Å². The van der Waals surface area contributed by atoms with Gasteiger partial charge in [0.05, 0.1) is 11.3 Å². The molecule has 1 aliphatic heterocycles. The maximum atomic E-state index is 12.8. The number of nitrogens with one attached hydrogen (secondary N) is 1. The molecule has 5 heteroatoms. The maximum Gasteiger partial charge on any atom is 0.259 e. The second kappa shape index (κ2) is 5.50. The highest BCUT2D eigenvalue weighted by Crippen LogP contribution is 2.43. The van der Waals surface area contributed by atoms with Crippen LogP contribution in [0.15, 0.2) is 36.7 Å². The van der Waals surface area contributed by atoms with E-state index in [1.807, 2.05) is 4.90 Å².